The molecule has 23 heavy (non-hydrogen) atoms. The van der Waals surface area contributed by atoms with Gasteiger partial charge in [-0.05, 0) is 20.3 Å². The molecule has 1 aliphatic heterocycles. The maximum Gasteiger partial charge on any atom is 0.349 e. The lowest BCUT2D eigenvalue weighted by molar-refractivity contribution is -0.171. The van der Waals surface area contributed by atoms with Crippen LogP contribution in [0, 0.1) is 0 Å². The molecule has 0 spiro atoms. The smallest absolute Gasteiger partial charge is 0.349 e. The fourth-order valence-corrected chi connectivity index (χ4v) is 1.79. The van der Waals surface area contributed by atoms with Gasteiger partial charge in [0.05, 0.1) is 26.0 Å². The number of hydrogen-bond donors (Lipinski definition) is 0. The van der Waals surface area contributed by atoms with E-state index < -0.39 is 40.4 Å². The van der Waals surface area contributed by atoms with Crippen molar-refractivity contribution in [3.63, 3.8) is 0 Å². The number of carbonyl (C=O) groups excluding carboxylic acids is 3. The molecule has 1 atom stereocenters. The average Bonchev–Trinajstić information content (AvgIpc) is 2.84. The zero-order chi connectivity index (χ0) is 17.8. The molecule has 0 aromatic carbocycles. The predicted octanol–water partition coefficient (Wildman–Crippen LogP) is 0.788. The fraction of sp³-hybridized carbons (Fsp3) is 0.600. The van der Waals surface area contributed by atoms with E-state index in [0.717, 1.165) is 14.2 Å². The number of esters is 3. The minimum absolute atomic E-state index is 0.394. The van der Waals surface area contributed by atoms with Crippen LogP contribution in [-0.2, 0) is 33.3 Å². The molecular formula is C15H21NO7. The molecular weight excluding hydrogens is 306 g/mol. The number of aliphatic imine (C=N–C) groups is 1. The van der Waals surface area contributed by atoms with Crippen LogP contribution in [0.25, 0.3) is 0 Å². The summed E-state index contributed by atoms with van der Waals surface area (Å²) in [4.78, 5) is 40.3. The molecule has 0 aromatic rings. The number of hydrogen-bond acceptors (Lipinski definition) is 8. The van der Waals surface area contributed by atoms with Crippen LogP contribution in [0.15, 0.2) is 16.1 Å². The Bertz CT molecular complexity index is 576. The van der Waals surface area contributed by atoms with Gasteiger partial charge < -0.3 is 18.9 Å². The summed E-state index contributed by atoms with van der Waals surface area (Å²) in [7, 11) is 3.42. The van der Waals surface area contributed by atoms with Crippen molar-refractivity contribution in [2.75, 3.05) is 21.3 Å². The molecule has 0 amide bonds. The Labute approximate surface area is 134 Å². The van der Waals surface area contributed by atoms with Gasteiger partial charge >= 0.3 is 17.9 Å². The first-order chi connectivity index (χ1) is 10.7. The van der Waals surface area contributed by atoms with Crippen molar-refractivity contribution in [1.82, 2.24) is 0 Å². The van der Waals surface area contributed by atoms with Crippen molar-refractivity contribution in [1.29, 1.82) is 0 Å². The van der Waals surface area contributed by atoms with Gasteiger partial charge in [0, 0.05) is 7.11 Å². The van der Waals surface area contributed by atoms with Crippen LogP contribution in [-0.4, -0.2) is 56.8 Å². The largest absolute Gasteiger partial charge is 0.465 e. The van der Waals surface area contributed by atoms with Gasteiger partial charge in [-0.2, -0.15) is 0 Å². The normalized spacial score (nSPS) is 21.6. The lowest BCUT2D eigenvalue weighted by atomic mass is 10.0. The summed E-state index contributed by atoms with van der Waals surface area (Å²) in [5, 5.41) is 0. The van der Waals surface area contributed by atoms with Gasteiger partial charge in [-0.25, -0.2) is 14.4 Å². The monoisotopic (exact) mass is 327 g/mol. The third-order valence-electron chi connectivity index (χ3n) is 3.58. The summed E-state index contributed by atoms with van der Waals surface area (Å²) in [6, 6.07) is 0. The predicted molar refractivity (Wildman–Crippen MR) is 79.8 cm³/mol. The Morgan fingerprint density at radius 1 is 1.22 bits per heavy atom. The van der Waals surface area contributed by atoms with Crippen LogP contribution in [0.2, 0.25) is 0 Å². The van der Waals surface area contributed by atoms with E-state index in [1.165, 1.54) is 13.3 Å². The van der Waals surface area contributed by atoms with Crippen LogP contribution in [0.5, 0.6) is 0 Å². The van der Waals surface area contributed by atoms with E-state index >= 15 is 0 Å². The summed E-state index contributed by atoms with van der Waals surface area (Å²) in [6.07, 6.45) is 1.88. The molecule has 0 saturated heterocycles. The van der Waals surface area contributed by atoms with E-state index in [1.54, 1.807) is 0 Å². The summed E-state index contributed by atoms with van der Waals surface area (Å²) < 4.78 is 19.5. The van der Waals surface area contributed by atoms with E-state index in [9.17, 15) is 14.4 Å². The third kappa shape index (κ3) is 3.58. The number of ether oxygens (including phenoxy) is 4. The molecule has 1 aliphatic rings. The summed E-state index contributed by atoms with van der Waals surface area (Å²) in [5.41, 5.74) is -1.44. The molecule has 128 valence electrons. The standard InChI is InChI=1S/C15H21NO7/c1-7-14(2,3)16-8-15(22-6)10(13(19)21-5)9(11(17)20-4)12(18)23-15/h8H,7H2,1-6H3. The van der Waals surface area contributed by atoms with E-state index in [4.69, 9.17) is 9.47 Å². The lowest BCUT2D eigenvalue weighted by Gasteiger charge is -2.26. The van der Waals surface area contributed by atoms with Crippen LogP contribution in [0.1, 0.15) is 27.2 Å². The topological polar surface area (TPSA) is 100 Å². The first-order valence-corrected chi connectivity index (χ1v) is 6.94. The van der Waals surface area contributed by atoms with Crippen molar-refractivity contribution in [2.45, 2.75) is 38.5 Å². The Kier molecular flexibility index (Phi) is 5.65. The average molecular weight is 327 g/mol. The molecule has 0 aromatic heterocycles. The van der Waals surface area contributed by atoms with Crippen LogP contribution in [0.4, 0.5) is 0 Å². The molecule has 0 aliphatic carbocycles. The second-order valence-corrected chi connectivity index (χ2v) is 5.42. The van der Waals surface area contributed by atoms with Gasteiger partial charge in [0.15, 0.2) is 5.57 Å². The quantitative estimate of drug-likeness (QED) is 0.308. The number of carbonyl (C=O) groups is 3. The zero-order valence-electron chi connectivity index (χ0n) is 14.1. The first-order valence-electron chi connectivity index (χ1n) is 6.94. The molecule has 1 heterocycles. The van der Waals surface area contributed by atoms with E-state index in [2.05, 4.69) is 14.5 Å². The van der Waals surface area contributed by atoms with Gasteiger partial charge in [0.1, 0.15) is 5.57 Å². The highest BCUT2D eigenvalue weighted by Gasteiger charge is 2.54. The minimum Gasteiger partial charge on any atom is -0.465 e. The molecule has 1 unspecified atom stereocenters. The van der Waals surface area contributed by atoms with E-state index in [1.807, 2.05) is 20.8 Å². The number of cyclic esters (lactones) is 1. The molecule has 0 bridgehead atoms. The van der Waals surface area contributed by atoms with Gasteiger partial charge in [-0.15, -0.1) is 0 Å². The summed E-state index contributed by atoms with van der Waals surface area (Å²) >= 11 is 0. The minimum atomic E-state index is -1.93. The van der Waals surface area contributed by atoms with Crippen LogP contribution in [0.3, 0.4) is 0 Å². The van der Waals surface area contributed by atoms with E-state index in [0.29, 0.717) is 6.42 Å². The second-order valence-electron chi connectivity index (χ2n) is 5.42. The Morgan fingerprint density at radius 3 is 2.22 bits per heavy atom. The lowest BCUT2D eigenvalue weighted by Crippen LogP contribution is -2.40. The summed E-state index contributed by atoms with van der Waals surface area (Å²) in [6.45, 7) is 5.63. The highest BCUT2D eigenvalue weighted by Crippen LogP contribution is 2.34. The molecule has 0 fully saturated rings. The maximum absolute atomic E-state index is 12.1. The van der Waals surface area contributed by atoms with Gasteiger partial charge in [0.2, 0.25) is 0 Å². The highest BCUT2D eigenvalue weighted by molar-refractivity contribution is 6.23. The molecule has 1 rings (SSSR count). The Hall–Kier alpha value is -2.22. The van der Waals surface area contributed by atoms with Crippen LogP contribution < -0.4 is 0 Å². The molecule has 0 radical (unpaired) electrons. The summed E-state index contributed by atoms with van der Waals surface area (Å²) in [5.74, 6) is -4.93. The van der Waals surface area contributed by atoms with E-state index in [-0.39, 0.29) is 0 Å². The van der Waals surface area contributed by atoms with Crippen LogP contribution >= 0.6 is 0 Å². The Balaban J connectivity index is 3.52. The SMILES string of the molecule is CCC(C)(C)N=CC1(OC)OC(=O)C(C(=O)OC)=C1C(=O)OC. The second kappa shape index (κ2) is 6.91. The van der Waals surface area contributed by atoms with Gasteiger partial charge in [-0.1, -0.05) is 6.92 Å². The van der Waals surface area contributed by atoms with Crippen molar-refractivity contribution in [2.24, 2.45) is 4.99 Å². The van der Waals surface area contributed by atoms with Gasteiger partial charge in [0.25, 0.3) is 5.79 Å². The zero-order valence-corrected chi connectivity index (χ0v) is 14.1. The molecule has 0 N–H and O–H groups in total. The molecule has 0 saturated carbocycles. The number of rotatable bonds is 6. The van der Waals surface area contributed by atoms with Gasteiger partial charge in [-0.3, -0.25) is 4.99 Å². The number of methoxy groups -OCH3 is 3. The van der Waals surface area contributed by atoms with Crippen molar-refractivity contribution in [3.05, 3.63) is 11.1 Å². The van der Waals surface area contributed by atoms with Crippen molar-refractivity contribution < 1.29 is 33.3 Å². The number of nitrogens with zero attached hydrogens (tertiary/aromatic N) is 1. The first kappa shape index (κ1) is 18.8. The third-order valence-corrected chi connectivity index (χ3v) is 3.58. The Morgan fingerprint density at radius 2 is 1.78 bits per heavy atom. The fourth-order valence-electron chi connectivity index (χ4n) is 1.79. The maximum atomic E-state index is 12.1. The molecule has 8 nitrogen and oxygen atoms in total. The molecule has 8 heteroatoms. The highest BCUT2D eigenvalue weighted by atomic mass is 16.7. The van der Waals surface area contributed by atoms with Crippen molar-refractivity contribution in [3.8, 4) is 0 Å². The van der Waals surface area contributed by atoms with Crippen molar-refractivity contribution >= 4 is 24.1 Å².